The highest BCUT2D eigenvalue weighted by Gasteiger charge is 2.30. The molecular weight excluding hydrogens is 336 g/mol. The van der Waals surface area contributed by atoms with Crippen LogP contribution in [-0.2, 0) is 18.4 Å². The monoisotopic (exact) mass is 364 g/mol. The van der Waals surface area contributed by atoms with Crippen molar-refractivity contribution in [3.8, 4) is 5.75 Å². The zero-order valence-corrected chi connectivity index (χ0v) is 16.2. The van der Waals surface area contributed by atoms with Gasteiger partial charge in [-0.1, -0.05) is 44.2 Å². The van der Waals surface area contributed by atoms with E-state index in [1.165, 1.54) is 29.5 Å². The maximum Gasteiger partial charge on any atom is 0.257 e. The molecule has 2 aromatic carbocycles. The van der Waals surface area contributed by atoms with Crippen molar-refractivity contribution in [2.24, 2.45) is 0 Å². The summed E-state index contributed by atoms with van der Waals surface area (Å²) in [5.41, 5.74) is 5.08. The summed E-state index contributed by atoms with van der Waals surface area (Å²) in [6.45, 7) is 8.73. The quantitative estimate of drug-likeness (QED) is 0.905. The van der Waals surface area contributed by atoms with Crippen LogP contribution in [0.2, 0.25) is 0 Å². The summed E-state index contributed by atoms with van der Waals surface area (Å²) in [6.07, 6.45) is 2.41. The average molecular weight is 364 g/mol. The van der Waals surface area contributed by atoms with Gasteiger partial charge >= 0.3 is 0 Å². The Morgan fingerprint density at radius 1 is 1.07 bits per heavy atom. The Hall–Kier alpha value is -2.33. The summed E-state index contributed by atoms with van der Waals surface area (Å²) in [5, 5.41) is 9.91. The van der Waals surface area contributed by atoms with E-state index in [0.717, 1.165) is 19.6 Å². The highest BCUT2D eigenvalue weighted by Crippen LogP contribution is 2.38. The third-order valence-corrected chi connectivity index (χ3v) is 6.12. The topological polar surface area (TPSA) is 43.8 Å². The minimum Gasteiger partial charge on any atom is -0.507 e. The molecular formula is C23H28N2O2. The first-order chi connectivity index (χ1) is 12.9. The predicted octanol–water partition coefficient (Wildman–Crippen LogP) is 3.57. The molecule has 1 aliphatic carbocycles. The number of piperazine rings is 1. The summed E-state index contributed by atoms with van der Waals surface area (Å²) in [5.74, 6) is -0.0153. The van der Waals surface area contributed by atoms with Gasteiger partial charge in [-0.3, -0.25) is 9.69 Å². The second kappa shape index (κ2) is 7.01. The normalized spacial score (nSPS) is 19.1. The molecule has 0 aromatic heterocycles. The fourth-order valence-electron chi connectivity index (χ4n) is 4.39. The molecule has 4 rings (SSSR count). The molecule has 142 valence electrons. The van der Waals surface area contributed by atoms with Crippen LogP contribution < -0.4 is 0 Å². The number of rotatable bonds is 3. The van der Waals surface area contributed by atoms with Crippen LogP contribution in [0, 0.1) is 0 Å². The van der Waals surface area contributed by atoms with Crippen LogP contribution in [-0.4, -0.2) is 47.0 Å². The molecule has 0 saturated carbocycles. The SMILES string of the molecule is CC1(C)CCc2cc(CN3CCN(C(=O)c4ccccc4O)CC3)ccc21. The van der Waals surface area contributed by atoms with Crippen molar-refractivity contribution in [3.05, 3.63) is 64.7 Å². The Labute approximate surface area is 161 Å². The average Bonchev–Trinajstić information content (AvgIpc) is 2.97. The minimum atomic E-state index is -0.0764. The number of para-hydroxylation sites is 1. The molecule has 4 nitrogen and oxygen atoms in total. The van der Waals surface area contributed by atoms with Crippen LogP contribution in [0.4, 0.5) is 0 Å². The molecule has 0 atom stereocenters. The van der Waals surface area contributed by atoms with E-state index >= 15 is 0 Å². The Morgan fingerprint density at radius 2 is 1.81 bits per heavy atom. The van der Waals surface area contributed by atoms with Crippen LogP contribution in [0.15, 0.2) is 42.5 Å². The standard InChI is InChI=1S/C23H28N2O2/c1-23(2)10-9-18-15-17(7-8-20(18)23)16-24-11-13-25(14-12-24)22(27)19-5-3-4-6-21(19)26/h3-8,15,26H,9-14,16H2,1-2H3. The van der Waals surface area contributed by atoms with E-state index in [9.17, 15) is 9.90 Å². The van der Waals surface area contributed by atoms with Gasteiger partial charge in [-0.2, -0.15) is 0 Å². The lowest BCUT2D eigenvalue weighted by Gasteiger charge is -2.35. The molecule has 27 heavy (non-hydrogen) atoms. The van der Waals surface area contributed by atoms with Gasteiger partial charge in [-0.05, 0) is 47.1 Å². The van der Waals surface area contributed by atoms with Crippen LogP contribution in [0.1, 0.15) is 47.3 Å². The van der Waals surface area contributed by atoms with Crippen LogP contribution in [0.25, 0.3) is 0 Å². The zero-order chi connectivity index (χ0) is 19.0. The minimum absolute atomic E-state index is 0.0611. The number of hydrogen-bond donors (Lipinski definition) is 1. The molecule has 2 aliphatic rings. The van der Waals surface area contributed by atoms with Crippen molar-refractivity contribution >= 4 is 5.91 Å². The molecule has 1 saturated heterocycles. The molecule has 4 heteroatoms. The molecule has 0 radical (unpaired) electrons. The summed E-state index contributed by atoms with van der Waals surface area (Å²) in [4.78, 5) is 16.9. The number of aromatic hydroxyl groups is 1. The Balaban J connectivity index is 1.36. The van der Waals surface area contributed by atoms with Gasteiger partial charge < -0.3 is 10.0 Å². The number of fused-ring (bicyclic) bond motifs is 1. The first-order valence-electron chi connectivity index (χ1n) is 9.86. The van der Waals surface area contributed by atoms with Crippen LogP contribution >= 0.6 is 0 Å². The fraction of sp³-hybridized carbons (Fsp3) is 0.435. The zero-order valence-electron chi connectivity index (χ0n) is 16.2. The predicted molar refractivity (Wildman–Crippen MR) is 107 cm³/mol. The maximum atomic E-state index is 12.6. The van der Waals surface area contributed by atoms with E-state index < -0.39 is 0 Å². The number of amides is 1. The van der Waals surface area contributed by atoms with E-state index in [1.807, 2.05) is 4.90 Å². The Bertz CT molecular complexity index is 851. The van der Waals surface area contributed by atoms with Gasteiger partial charge in [0.1, 0.15) is 5.75 Å². The lowest BCUT2D eigenvalue weighted by atomic mass is 9.86. The largest absolute Gasteiger partial charge is 0.507 e. The van der Waals surface area contributed by atoms with Gasteiger partial charge in [0.05, 0.1) is 5.56 Å². The van der Waals surface area contributed by atoms with Crippen molar-refractivity contribution in [3.63, 3.8) is 0 Å². The molecule has 1 heterocycles. The molecule has 1 amide bonds. The molecule has 1 fully saturated rings. The number of carbonyl (C=O) groups excluding carboxylic acids is 1. The number of phenolic OH excluding ortho intramolecular Hbond substituents is 1. The summed E-state index contributed by atoms with van der Waals surface area (Å²) < 4.78 is 0. The number of hydrogen-bond acceptors (Lipinski definition) is 3. The molecule has 0 unspecified atom stereocenters. The van der Waals surface area contributed by atoms with Gasteiger partial charge in [0, 0.05) is 32.7 Å². The van der Waals surface area contributed by atoms with Crippen molar-refractivity contribution in [1.29, 1.82) is 0 Å². The smallest absolute Gasteiger partial charge is 0.257 e. The summed E-state index contributed by atoms with van der Waals surface area (Å²) >= 11 is 0. The van der Waals surface area contributed by atoms with Crippen molar-refractivity contribution in [2.45, 2.75) is 38.6 Å². The lowest BCUT2D eigenvalue weighted by Crippen LogP contribution is -2.48. The fourth-order valence-corrected chi connectivity index (χ4v) is 4.39. The second-order valence-electron chi connectivity index (χ2n) is 8.46. The van der Waals surface area contributed by atoms with Gasteiger partial charge in [-0.25, -0.2) is 0 Å². The molecule has 0 bridgehead atoms. The third-order valence-electron chi connectivity index (χ3n) is 6.12. The highest BCUT2D eigenvalue weighted by atomic mass is 16.3. The number of nitrogens with zero attached hydrogens (tertiary/aromatic N) is 2. The van der Waals surface area contributed by atoms with Crippen LogP contribution in [0.3, 0.4) is 0 Å². The Kier molecular flexibility index (Phi) is 4.68. The van der Waals surface area contributed by atoms with Gasteiger partial charge in [0.2, 0.25) is 0 Å². The lowest BCUT2D eigenvalue weighted by molar-refractivity contribution is 0.0625. The van der Waals surface area contributed by atoms with Gasteiger partial charge in [0.15, 0.2) is 0 Å². The summed E-state index contributed by atoms with van der Waals surface area (Å²) in [6, 6.07) is 13.7. The first kappa shape index (κ1) is 18.1. The number of aryl methyl sites for hydroxylation is 1. The number of carbonyl (C=O) groups is 1. The van der Waals surface area contributed by atoms with E-state index in [-0.39, 0.29) is 11.7 Å². The molecule has 0 spiro atoms. The van der Waals surface area contributed by atoms with E-state index in [1.54, 1.807) is 24.3 Å². The number of benzene rings is 2. The van der Waals surface area contributed by atoms with Gasteiger partial charge in [0.25, 0.3) is 5.91 Å². The van der Waals surface area contributed by atoms with Gasteiger partial charge in [-0.15, -0.1) is 0 Å². The Morgan fingerprint density at radius 3 is 2.56 bits per heavy atom. The molecule has 1 N–H and O–H groups in total. The summed E-state index contributed by atoms with van der Waals surface area (Å²) in [7, 11) is 0. The third kappa shape index (κ3) is 3.59. The first-order valence-corrected chi connectivity index (χ1v) is 9.86. The highest BCUT2D eigenvalue weighted by molar-refractivity contribution is 5.96. The second-order valence-corrected chi connectivity index (χ2v) is 8.46. The van der Waals surface area contributed by atoms with Crippen molar-refractivity contribution in [2.75, 3.05) is 26.2 Å². The van der Waals surface area contributed by atoms with Crippen molar-refractivity contribution < 1.29 is 9.90 Å². The van der Waals surface area contributed by atoms with E-state index in [2.05, 4.69) is 36.9 Å². The van der Waals surface area contributed by atoms with E-state index in [4.69, 9.17) is 0 Å². The van der Waals surface area contributed by atoms with Crippen LogP contribution in [0.5, 0.6) is 5.75 Å². The molecule has 2 aromatic rings. The van der Waals surface area contributed by atoms with Crippen molar-refractivity contribution in [1.82, 2.24) is 9.80 Å². The number of phenols is 1. The molecule has 1 aliphatic heterocycles. The maximum absolute atomic E-state index is 12.6. The van der Waals surface area contributed by atoms with E-state index in [0.29, 0.717) is 24.1 Å².